The van der Waals surface area contributed by atoms with E-state index < -0.39 is 0 Å². The van der Waals surface area contributed by atoms with Gasteiger partial charge < -0.3 is 17.0 Å². The van der Waals surface area contributed by atoms with Gasteiger partial charge in [0.2, 0.25) is 0 Å². The van der Waals surface area contributed by atoms with E-state index in [9.17, 15) is 4.79 Å². The zero-order chi connectivity index (χ0) is 20.9. The van der Waals surface area contributed by atoms with Crippen LogP contribution in [0.1, 0.15) is 142 Å². The lowest BCUT2D eigenvalue weighted by Gasteiger charge is -2.27. The SMILES string of the molecule is CCCCCCCCCCCC[N+](C)(C)C(=O)CCCCCCCCCCC.[Br-]. The number of hydrogen-bond acceptors (Lipinski definition) is 1. The lowest BCUT2D eigenvalue weighted by atomic mass is 10.1. The number of amides is 1. The minimum absolute atomic E-state index is 0. The van der Waals surface area contributed by atoms with Crippen LogP contribution in [0.15, 0.2) is 0 Å². The highest BCUT2D eigenvalue weighted by atomic mass is 79.9. The molecule has 0 aromatic rings. The Morgan fingerprint density at radius 3 is 1.21 bits per heavy atom. The molecule has 176 valence electrons. The monoisotopic (exact) mass is 475 g/mol. The molecule has 0 aliphatic carbocycles. The average Bonchev–Trinajstić information content (AvgIpc) is 2.68. The Balaban J connectivity index is 0. The van der Waals surface area contributed by atoms with Crippen molar-refractivity contribution in [3.8, 4) is 0 Å². The summed E-state index contributed by atoms with van der Waals surface area (Å²) in [5.74, 6) is 0.443. The minimum atomic E-state index is 0. The molecule has 0 saturated heterocycles. The van der Waals surface area contributed by atoms with Crippen LogP contribution >= 0.6 is 0 Å². The molecule has 0 fully saturated rings. The van der Waals surface area contributed by atoms with Crippen molar-refractivity contribution in [1.29, 1.82) is 0 Å². The summed E-state index contributed by atoms with van der Waals surface area (Å²) in [5, 5.41) is 0. The second kappa shape index (κ2) is 22.8. The van der Waals surface area contributed by atoms with Crippen LogP contribution in [0.5, 0.6) is 0 Å². The van der Waals surface area contributed by atoms with Crippen molar-refractivity contribution < 1.29 is 26.3 Å². The smallest absolute Gasteiger partial charge is 0.313 e. The number of hydrogen-bond donors (Lipinski definition) is 0. The Hall–Kier alpha value is 0.110. The van der Waals surface area contributed by atoms with Gasteiger partial charge in [-0.15, -0.1) is 0 Å². The maximum atomic E-state index is 12.5. The van der Waals surface area contributed by atoms with Gasteiger partial charge in [-0.2, -0.15) is 0 Å². The summed E-state index contributed by atoms with van der Waals surface area (Å²) >= 11 is 0. The summed E-state index contributed by atoms with van der Waals surface area (Å²) in [4.78, 5) is 12.5. The fraction of sp³-hybridized carbons (Fsp3) is 0.962. The summed E-state index contributed by atoms with van der Waals surface area (Å²) < 4.78 is 0.591. The van der Waals surface area contributed by atoms with E-state index in [4.69, 9.17) is 0 Å². The van der Waals surface area contributed by atoms with E-state index in [0.717, 1.165) is 19.4 Å². The van der Waals surface area contributed by atoms with Gasteiger partial charge >= 0.3 is 5.91 Å². The molecule has 0 radical (unpaired) electrons. The van der Waals surface area contributed by atoms with E-state index in [1.54, 1.807) is 0 Å². The van der Waals surface area contributed by atoms with Gasteiger partial charge in [0.25, 0.3) is 0 Å². The van der Waals surface area contributed by atoms with Gasteiger partial charge in [-0.05, 0) is 19.3 Å². The minimum Gasteiger partial charge on any atom is -1.00 e. The standard InChI is InChI=1S/C26H54NO.BrH/c1-5-7-9-11-13-15-17-19-21-23-25-27(3,4)26(28)24-22-20-18-16-14-12-10-8-6-2;/h5-25H2,1-4H3;1H/q+1;/p-1. The number of nitrogens with zero attached hydrogens (tertiary/aromatic N) is 1. The maximum absolute atomic E-state index is 12.5. The molecule has 0 spiro atoms. The zero-order valence-corrected chi connectivity index (χ0v) is 22.2. The van der Waals surface area contributed by atoms with E-state index in [2.05, 4.69) is 27.9 Å². The summed E-state index contributed by atoms with van der Waals surface area (Å²) in [6.07, 6.45) is 26.3. The van der Waals surface area contributed by atoms with Crippen LogP contribution in [0.4, 0.5) is 0 Å². The molecule has 0 aromatic heterocycles. The molecule has 0 N–H and O–H groups in total. The van der Waals surface area contributed by atoms with E-state index >= 15 is 0 Å². The molecule has 0 saturated carbocycles. The zero-order valence-electron chi connectivity index (χ0n) is 20.6. The van der Waals surface area contributed by atoms with Crippen LogP contribution < -0.4 is 17.0 Å². The van der Waals surface area contributed by atoms with Crippen molar-refractivity contribution in [3.05, 3.63) is 0 Å². The van der Waals surface area contributed by atoms with Gasteiger partial charge in [-0.25, -0.2) is 4.79 Å². The predicted octanol–water partition coefficient (Wildman–Crippen LogP) is 5.44. The third-order valence-corrected chi connectivity index (χ3v) is 6.24. The quantitative estimate of drug-likeness (QED) is 0.159. The molecule has 2 nitrogen and oxygen atoms in total. The van der Waals surface area contributed by atoms with E-state index in [1.807, 2.05) is 0 Å². The van der Waals surface area contributed by atoms with Gasteiger partial charge in [0.05, 0.1) is 27.1 Å². The van der Waals surface area contributed by atoms with Gasteiger partial charge in [0.15, 0.2) is 0 Å². The second-order valence-corrected chi connectivity index (χ2v) is 9.56. The second-order valence-electron chi connectivity index (χ2n) is 9.56. The average molecular weight is 477 g/mol. The maximum Gasteiger partial charge on any atom is 0.313 e. The molecule has 0 unspecified atom stereocenters. The first kappa shape index (κ1) is 31.3. The molecule has 0 bridgehead atoms. The summed E-state index contributed by atoms with van der Waals surface area (Å²) in [5.41, 5.74) is 0. The Morgan fingerprint density at radius 2 is 0.828 bits per heavy atom. The molecule has 3 heteroatoms. The molecule has 0 rings (SSSR count). The normalized spacial score (nSPS) is 11.4. The molecule has 0 aliphatic heterocycles. The van der Waals surface area contributed by atoms with Crippen molar-refractivity contribution in [2.24, 2.45) is 0 Å². The summed E-state index contributed by atoms with van der Waals surface area (Å²) in [7, 11) is 4.23. The lowest BCUT2D eigenvalue weighted by Crippen LogP contribution is -3.00. The van der Waals surface area contributed by atoms with Gasteiger partial charge in [0.1, 0.15) is 0 Å². The third kappa shape index (κ3) is 21.1. The molecule has 0 aromatic carbocycles. The first-order chi connectivity index (χ1) is 13.5. The van der Waals surface area contributed by atoms with Crippen molar-refractivity contribution in [3.63, 3.8) is 0 Å². The molecule has 1 amide bonds. The fourth-order valence-corrected chi connectivity index (χ4v) is 4.01. The third-order valence-electron chi connectivity index (χ3n) is 6.24. The first-order valence-corrected chi connectivity index (χ1v) is 12.9. The number of carbonyl (C=O) groups is 1. The Morgan fingerprint density at radius 1 is 0.517 bits per heavy atom. The van der Waals surface area contributed by atoms with Crippen LogP contribution in [-0.2, 0) is 4.79 Å². The molecule has 0 heterocycles. The van der Waals surface area contributed by atoms with Crippen LogP contribution in [0.3, 0.4) is 0 Å². The van der Waals surface area contributed by atoms with Crippen molar-refractivity contribution in [1.82, 2.24) is 0 Å². The summed E-state index contributed by atoms with van der Waals surface area (Å²) in [6.45, 7) is 5.57. The number of unbranched alkanes of at least 4 members (excludes halogenated alkanes) is 17. The van der Waals surface area contributed by atoms with Gasteiger partial charge in [-0.1, -0.05) is 117 Å². The molecular formula is C26H54BrNO. The largest absolute Gasteiger partial charge is 1.00 e. The van der Waals surface area contributed by atoms with Crippen molar-refractivity contribution >= 4 is 5.91 Å². The summed E-state index contributed by atoms with van der Waals surface area (Å²) in [6, 6.07) is 0. The van der Waals surface area contributed by atoms with Crippen LogP contribution in [0.2, 0.25) is 0 Å². The van der Waals surface area contributed by atoms with Gasteiger partial charge in [-0.3, -0.25) is 4.48 Å². The molecule has 0 aliphatic rings. The first-order valence-electron chi connectivity index (χ1n) is 12.9. The Bertz CT molecular complexity index is 344. The predicted molar refractivity (Wildman–Crippen MR) is 126 cm³/mol. The number of quaternary nitrogens is 1. The number of halogens is 1. The Labute approximate surface area is 195 Å². The van der Waals surface area contributed by atoms with E-state index in [0.29, 0.717) is 10.4 Å². The van der Waals surface area contributed by atoms with Gasteiger partial charge in [0, 0.05) is 0 Å². The highest BCUT2D eigenvalue weighted by Gasteiger charge is 2.24. The highest BCUT2D eigenvalue weighted by Crippen LogP contribution is 2.15. The van der Waals surface area contributed by atoms with E-state index in [-0.39, 0.29) is 17.0 Å². The number of rotatable bonds is 21. The molecular weight excluding hydrogens is 422 g/mol. The van der Waals surface area contributed by atoms with E-state index in [1.165, 1.54) is 116 Å². The van der Waals surface area contributed by atoms with Crippen molar-refractivity contribution in [2.75, 3.05) is 20.6 Å². The van der Waals surface area contributed by atoms with Crippen LogP contribution in [-0.4, -0.2) is 31.0 Å². The van der Waals surface area contributed by atoms with Crippen molar-refractivity contribution in [2.45, 2.75) is 142 Å². The Kier molecular flexibility index (Phi) is 24.6. The van der Waals surface area contributed by atoms with Crippen LogP contribution in [0.25, 0.3) is 0 Å². The highest BCUT2D eigenvalue weighted by molar-refractivity contribution is 5.68. The topological polar surface area (TPSA) is 17.1 Å². The number of carbonyl (C=O) groups excluding carboxylic acids is 1. The fourth-order valence-electron chi connectivity index (χ4n) is 4.01. The molecule has 0 atom stereocenters. The lowest BCUT2D eigenvalue weighted by molar-refractivity contribution is -0.814. The van der Waals surface area contributed by atoms with Crippen LogP contribution in [0, 0.1) is 0 Å². The molecule has 29 heavy (non-hydrogen) atoms.